The molecule has 0 aliphatic rings. The molecule has 1 N–H and O–H groups in total. The summed E-state index contributed by atoms with van der Waals surface area (Å²) in [4.78, 5) is 14.1. The molecule has 0 aliphatic heterocycles. The van der Waals surface area contributed by atoms with Crippen LogP contribution in [0.4, 0.5) is 10.1 Å². The van der Waals surface area contributed by atoms with Crippen LogP contribution < -0.4 is 10.1 Å². The van der Waals surface area contributed by atoms with Gasteiger partial charge in [-0.05, 0) is 56.4 Å². The van der Waals surface area contributed by atoms with Crippen molar-refractivity contribution in [1.82, 2.24) is 4.90 Å². The lowest BCUT2D eigenvalue weighted by atomic mass is 10.2. The number of amides is 1. The largest absolute Gasteiger partial charge is 0.492 e. The number of rotatable bonds is 7. The molecule has 2 rings (SSSR count). The SMILES string of the molecule is C[C@H](C(=O)Nc1cccc(F)c1)N(C)CCOc1ccc(Cl)cc1. The Labute approximate surface area is 146 Å². The highest BCUT2D eigenvalue weighted by Gasteiger charge is 2.18. The summed E-state index contributed by atoms with van der Waals surface area (Å²) in [5.74, 6) is 0.143. The highest BCUT2D eigenvalue weighted by Crippen LogP contribution is 2.15. The van der Waals surface area contributed by atoms with Crippen LogP contribution in [-0.4, -0.2) is 37.0 Å². The summed E-state index contributed by atoms with van der Waals surface area (Å²) in [6.45, 7) is 2.80. The summed E-state index contributed by atoms with van der Waals surface area (Å²) in [7, 11) is 1.83. The number of carbonyl (C=O) groups excluding carboxylic acids is 1. The van der Waals surface area contributed by atoms with Crippen molar-refractivity contribution in [2.24, 2.45) is 0 Å². The zero-order chi connectivity index (χ0) is 17.5. The Hall–Kier alpha value is -2.11. The van der Waals surface area contributed by atoms with Gasteiger partial charge in [0, 0.05) is 17.3 Å². The minimum absolute atomic E-state index is 0.199. The van der Waals surface area contributed by atoms with Crippen LogP contribution in [-0.2, 0) is 4.79 Å². The molecule has 0 bridgehead atoms. The van der Waals surface area contributed by atoms with E-state index >= 15 is 0 Å². The fourth-order valence-electron chi connectivity index (χ4n) is 2.05. The van der Waals surface area contributed by atoms with E-state index in [4.69, 9.17) is 16.3 Å². The number of halogens is 2. The second kappa shape index (κ2) is 8.66. The van der Waals surface area contributed by atoms with Gasteiger partial charge in [-0.25, -0.2) is 4.39 Å². The first-order valence-electron chi connectivity index (χ1n) is 7.61. The second-order valence-corrected chi connectivity index (χ2v) is 5.89. The Morgan fingerprint density at radius 3 is 2.67 bits per heavy atom. The van der Waals surface area contributed by atoms with Crippen molar-refractivity contribution < 1.29 is 13.9 Å². The van der Waals surface area contributed by atoms with Gasteiger partial charge in [0.2, 0.25) is 5.91 Å². The first-order valence-corrected chi connectivity index (χ1v) is 7.98. The van der Waals surface area contributed by atoms with Crippen LogP contribution in [0.1, 0.15) is 6.92 Å². The van der Waals surface area contributed by atoms with Crippen LogP contribution in [0.2, 0.25) is 5.02 Å². The average Bonchev–Trinajstić information content (AvgIpc) is 2.56. The number of anilines is 1. The summed E-state index contributed by atoms with van der Waals surface area (Å²) in [6, 6.07) is 12.6. The number of hydrogen-bond donors (Lipinski definition) is 1. The summed E-state index contributed by atoms with van der Waals surface area (Å²) in [5.41, 5.74) is 0.442. The van der Waals surface area contributed by atoms with Crippen molar-refractivity contribution in [1.29, 1.82) is 0 Å². The lowest BCUT2D eigenvalue weighted by Gasteiger charge is -2.23. The minimum Gasteiger partial charge on any atom is -0.492 e. The molecule has 0 unspecified atom stereocenters. The first kappa shape index (κ1) is 18.2. The molecule has 2 aromatic carbocycles. The van der Waals surface area contributed by atoms with Gasteiger partial charge in [0.15, 0.2) is 0 Å². The minimum atomic E-state index is -0.384. The van der Waals surface area contributed by atoms with Crippen molar-refractivity contribution in [3.8, 4) is 5.75 Å². The fourth-order valence-corrected chi connectivity index (χ4v) is 2.17. The molecule has 0 aromatic heterocycles. The molecule has 0 saturated heterocycles. The van der Waals surface area contributed by atoms with E-state index in [-0.39, 0.29) is 17.8 Å². The Balaban J connectivity index is 1.79. The summed E-state index contributed by atoms with van der Waals surface area (Å²) in [6.07, 6.45) is 0. The van der Waals surface area contributed by atoms with Gasteiger partial charge in [-0.2, -0.15) is 0 Å². The van der Waals surface area contributed by atoms with Crippen molar-refractivity contribution in [3.63, 3.8) is 0 Å². The highest BCUT2D eigenvalue weighted by molar-refractivity contribution is 6.30. The highest BCUT2D eigenvalue weighted by atomic mass is 35.5. The van der Waals surface area contributed by atoms with E-state index in [1.165, 1.54) is 12.1 Å². The maximum Gasteiger partial charge on any atom is 0.241 e. The Kier molecular flexibility index (Phi) is 6.58. The summed E-state index contributed by atoms with van der Waals surface area (Å²) >= 11 is 5.82. The van der Waals surface area contributed by atoms with Gasteiger partial charge in [0.05, 0.1) is 6.04 Å². The molecule has 0 spiro atoms. The Morgan fingerprint density at radius 2 is 2.00 bits per heavy atom. The summed E-state index contributed by atoms with van der Waals surface area (Å²) in [5, 5.41) is 3.36. The van der Waals surface area contributed by atoms with Crippen LogP contribution >= 0.6 is 11.6 Å². The van der Waals surface area contributed by atoms with Gasteiger partial charge in [-0.1, -0.05) is 17.7 Å². The third kappa shape index (κ3) is 5.51. The second-order valence-electron chi connectivity index (χ2n) is 5.46. The summed E-state index contributed by atoms with van der Waals surface area (Å²) < 4.78 is 18.8. The van der Waals surface area contributed by atoms with Crippen LogP contribution in [0.25, 0.3) is 0 Å². The van der Waals surface area contributed by atoms with Crippen molar-refractivity contribution in [2.45, 2.75) is 13.0 Å². The molecule has 24 heavy (non-hydrogen) atoms. The number of likely N-dealkylation sites (N-methyl/N-ethyl adjacent to an activating group) is 1. The van der Waals surface area contributed by atoms with Crippen LogP contribution in [0.5, 0.6) is 5.75 Å². The van der Waals surface area contributed by atoms with Gasteiger partial charge in [-0.15, -0.1) is 0 Å². The molecular weight excluding hydrogens is 331 g/mol. The van der Waals surface area contributed by atoms with E-state index in [1.807, 2.05) is 11.9 Å². The standard InChI is InChI=1S/C18H20ClFN2O2/c1-13(18(23)21-16-5-3-4-15(20)12-16)22(2)10-11-24-17-8-6-14(19)7-9-17/h3-9,12-13H,10-11H2,1-2H3,(H,21,23)/t13-/m1/s1. The van der Waals surface area contributed by atoms with Crippen LogP contribution in [0.15, 0.2) is 48.5 Å². The van der Waals surface area contributed by atoms with Gasteiger partial charge in [0.25, 0.3) is 0 Å². The topological polar surface area (TPSA) is 41.6 Å². The molecule has 0 saturated carbocycles. The van der Waals surface area contributed by atoms with Crippen LogP contribution in [0.3, 0.4) is 0 Å². The maximum atomic E-state index is 13.1. The van der Waals surface area contributed by atoms with Gasteiger partial charge < -0.3 is 10.1 Å². The quantitative estimate of drug-likeness (QED) is 0.825. The van der Waals surface area contributed by atoms with Crippen molar-refractivity contribution in [2.75, 3.05) is 25.5 Å². The monoisotopic (exact) mass is 350 g/mol. The number of hydrogen-bond acceptors (Lipinski definition) is 3. The van der Waals surface area contributed by atoms with E-state index in [2.05, 4.69) is 5.32 Å². The van der Waals surface area contributed by atoms with Gasteiger partial charge in [0.1, 0.15) is 18.2 Å². The number of ether oxygens (including phenoxy) is 1. The molecule has 0 heterocycles. The number of nitrogens with one attached hydrogen (secondary N) is 1. The Morgan fingerprint density at radius 1 is 1.29 bits per heavy atom. The molecule has 0 radical (unpaired) electrons. The average molecular weight is 351 g/mol. The van der Waals surface area contributed by atoms with Gasteiger partial charge >= 0.3 is 0 Å². The normalized spacial score (nSPS) is 12.0. The molecule has 2 aromatic rings. The van der Waals surface area contributed by atoms with E-state index in [9.17, 15) is 9.18 Å². The van der Waals surface area contributed by atoms with E-state index < -0.39 is 0 Å². The fraction of sp³-hybridized carbons (Fsp3) is 0.278. The molecular formula is C18H20ClFN2O2. The number of nitrogens with zero attached hydrogens (tertiary/aromatic N) is 1. The smallest absolute Gasteiger partial charge is 0.241 e. The predicted octanol–water partition coefficient (Wildman–Crippen LogP) is 3.82. The molecule has 6 heteroatoms. The van der Waals surface area contributed by atoms with E-state index in [0.29, 0.717) is 23.9 Å². The van der Waals surface area contributed by atoms with E-state index in [0.717, 1.165) is 5.75 Å². The third-order valence-corrected chi connectivity index (χ3v) is 3.91. The maximum absolute atomic E-state index is 13.1. The van der Waals surface area contributed by atoms with Crippen molar-refractivity contribution in [3.05, 3.63) is 59.4 Å². The zero-order valence-corrected chi connectivity index (χ0v) is 14.4. The zero-order valence-electron chi connectivity index (χ0n) is 13.6. The molecule has 0 fully saturated rings. The van der Waals surface area contributed by atoms with Crippen LogP contribution in [0, 0.1) is 5.82 Å². The number of benzene rings is 2. The molecule has 4 nitrogen and oxygen atoms in total. The number of carbonyl (C=O) groups is 1. The third-order valence-electron chi connectivity index (χ3n) is 3.66. The molecule has 1 atom stereocenters. The molecule has 1 amide bonds. The molecule has 0 aliphatic carbocycles. The van der Waals surface area contributed by atoms with E-state index in [1.54, 1.807) is 43.3 Å². The lowest BCUT2D eigenvalue weighted by Crippen LogP contribution is -2.41. The van der Waals surface area contributed by atoms with Gasteiger partial charge in [-0.3, -0.25) is 9.69 Å². The molecule has 128 valence electrons. The Bertz CT molecular complexity index is 679. The lowest BCUT2D eigenvalue weighted by molar-refractivity contribution is -0.120. The first-order chi connectivity index (χ1) is 11.5. The predicted molar refractivity (Wildman–Crippen MR) is 94.1 cm³/mol. The van der Waals surface area contributed by atoms with Crippen molar-refractivity contribution >= 4 is 23.2 Å².